The lowest BCUT2D eigenvalue weighted by atomic mass is 10.1. The Morgan fingerprint density at radius 3 is 2.41 bits per heavy atom. The van der Waals surface area contributed by atoms with E-state index in [0.29, 0.717) is 12.1 Å². The van der Waals surface area contributed by atoms with Crippen molar-refractivity contribution in [1.29, 1.82) is 0 Å². The lowest BCUT2D eigenvalue weighted by molar-refractivity contribution is -0.235. The highest BCUT2D eigenvalue weighted by molar-refractivity contribution is 5.93. The maximum Gasteiger partial charge on any atom is 0.347 e. The second-order valence-electron chi connectivity index (χ2n) is 3.80. The van der Waals surface area contributed by atoms with Gasteiger partial charge in [0.25, 0.3) is 0 Å². The molecule has 1 N–H and O–H groups in total. The summed E-state index contributed by atoms with van der Waals surface area (Å²) in [6, 6.07) is 7.32. The molecular formula is C12H9NO4. The van der Waals surface area contributed by atoms with Crippen LogP contribution in [0.25, 0.3) is 0 Å². The van der Waals surface area contributed by atoms with Gasteiger partial charge in [-0.15, -0.1) is 0 Å². The van der Waals surface area contributed by atoms with Crippen molar-refractivity contribution < 1.29 is 19.1 Å². The van der Waals surface area contributed by atoms with E-state index in [0.717, 1.165) is 17.7 Å². The highest BCUT2D eigenvalue weighted by atomic mass is 16.8. The number of fused-ring (bicyclic) bond motifs is 2. The topological polar surface area (TPSA) is 64.6 Å². The minimum absolute atomic E-state index is 0.483. The summed E-state index contributed by atoms with van der Waals surface area (Å²) < 4.78 is 10.4. The van der Waals surface area contributed by atoms with Crippen LogP contribution < -0.4 is 5.32 Å². The summed E-state index contributed by atoms with van der Waals surface area (Å²) in [5.74, 6) is -2.70. The fraction of sp³-hybridized carbons (Fsp3) is 0.167. The number of esters is 2. The van der Waals surface area contributed by atoms with Crippen LogP contribution in [0.3, 0.4) is 0 Å². The molecule has 3 rings (SSSR count). The van der Waals surface area contributed by atoms with E-state index < -0.39 is 17.8 Å². The summed E-state index contributed by atoms with van der Waals surface area (Å²) in [5.41, 5.74) is 1.60. The number of nitrogens with one attached hydrogen (secondary N) is 1. The molecule has 2 heterocycles. The second kappa shape index (κ2) is 3.43. The Balaban J connectivity index is 2.08. The zero-order valence-electron chi connectivity index (χ0n) is 8.80. The third-order valence-corrected chi connectivity index (χ3v) is 2.73. The summed E-state index contributed by atoms with van der Waals surface area (Å²) >= 11 is 0. The van der Waals surface area contributed by atoms with E-state index >= 15 is 0 Å². The molecule has 2 aliphatic heterocycles. The lowest BCUT2D eigenvalue weighted by Gasteiger charge is -2.27. The van der Waals surface area contributed by atoms with Crippen LogP contribution in [0.1, 0.15) is 11.1 Å². The standard InChI is InChI=1S/C12H9NO4/c14-10-5-6-11(15)17-12(16-10)9-4-2-1-3-8(9)7-13-12/h1-6,13H,7H2. The number of benzene rings is 1. The molecule has 2 aliphatic rings. The van der Waals surface area contributed by atoms with Crippen LogP contribution in [-0.4, -0.2) is 11.9 Å². The van der Waals surface area contributed by atoms with Gasteiger partial charge in [-0.3, -0.25) is 0 Å². The van der Waals surface area contributed by atoms with E-state index in [1.807, 2.05) is 12.1 Å². The molecular weight excluding hydrogens is 222 g/mol. The highest BCUT2D eigenvalue weighted by Crippen LogP contribution is 2.34. The normalized spacial score (nSPS) is 20.7. The summed E-state index contributed by atoms with van der Waals surface area (Å²) in [6.45, 7) is 0.483. The van der Waals surface area contributed by atoms with Gasteiger partial charge in [-0.1, -0.05) is 18.2 Å². The minimum atomic E-state index is -1.48. The predicted octanol–water partition coefficient (Wildman–Crippen LogP) is 0.556. The summed E-state index contributed by atoms with van der Waals surface area (Å²) in [6.07, 6.45) is 2.11. The van der Waals surface area contributed by atoms with Crippen molar-refractivity contribution in [2.24, 2.45) is 0 Å². The number of rotatable bonds is 0. The smallest absolute Gasteiger partial charge is 0.347 e. The molecule has 0 saturated heterocycles. The Morgan fingerprint density at radius 2 is 1.71 bits per heavy atom. The van der Waals surface area contributed by atoms with E-state index in [2.05, 4.69) is 5.32 Å². The number of carbonyl (C=O) groups excluding carboxylic acids is 2. The van der Waals surface area contributed by atoms with Gasteiger partial charge in [-0.25, -0.2) is 14.9 Å². The van der Waals surface area contributed by atoms with Gasteiger partial charge in [0.1, 0.15) is 0 Å². The van der Waals surface area contributed by atoms with E-state index in [9.17, 15) is 9.59 Å². The highest BCUT2D eigenvalue weighted by Gasteiger charge is 2.46. The molecule has 1 spiro atoms. The Hall–Kier alpha value is -2.14. The molecule has 86 valence electrons. The monoisotopic (exact) mass is 231 g/mol. The van der Waals surface area contributed by atoms with Gasteiger partial charge in [0.2, 0.25) is 0 Å². The number of carbonyl (C=O) groups is 2. The van der Waals surface area contributed by atoms with Gasteiger partial charge in [0.05, 0.1) is 5.56 Å². The van der Waals surface area contributed by atoms with Crippen molar-refractivity contribution in [2.75, 3.05) is 0 Å². The molecule has 5 heteroatoms. The van der Waals surface area contributed by atoms with E-state index in [1.54, 1.807) is 12.1 Å². The van der Waals surface area contributed by atoms with Gasteiger partial charge in [-0.05, 0) is 11.6 Å². The largest absolute Gasteiger partial charge is 0.401 e. The molecule has 0 bridgehead atoms. The fourth-order valence-corrected chi connectivity index (χ4v) is 1.99. The van der Waals surface area contributed by atoms with Crippen LogP contribution in [0, 0.1) is 0 Å². The summed E-state index contributed by atoms with van der Waals surface area (Å²) in [4.78, 5) is 22.8. The first-order valence-electron chi connectivity index (χ1n) is 5.17. The molecule has 1 aromatic carbocycles. The molecule has 0 aliphatic carbocycles. The van der Waals surface area contributed by atoms with Crippen molar-refractivity contribution in [1.82, 2.24) is 5.32 Å². The molecule has 1 aromatic rings. The quantitative estimate of drug-likeness (QED) is 0.661. The van der Waals surface area contributed by atoms with Crippen LogP contribution in [0.15, 0.2) is 36.4 Å². The Morgan fingerprint density at radius 1 is 1.06 bits per heavy atom. The summed E-state index contributed by atoms with van der Waals surface area (Å²) in [5, 5.41) is 2.91. The van der Waals surface area contributed by atoms with Crippen molar-refractivity contribution in [3.63, 3.8) is 0 Å². The first kappa shape index (κ1) is 10.0. The Bertz CT molecular complexity index is 515. The number of hydrogen-bond acceptors (Lipinski definition) is 5. The van der Waals surface area contributed by atoms with E-state index in [-0.39, 0.29) is 0 Å². The summed E-state index contributed by atoms with van der Waals surface area (Å²) in [7, 11) is 0. The van der Waals surface area contributed by atoms with Crippen LogP contribution >= 0.6 is 0 Å². The first-order valence-corrected chi connectivity index (χ1v) is 5.17. The van der Waals surface area contributed by atoms with Gasteiger partial charge in [0.15, 0.2) is 0 Å². The molecule has 0 fully saturated rings. The van der Waals surface area contributed by atoms with Gasteiger partial charge >= 0.3 is 17.8 Å². The van der Waals surface area contributed by atoms with Crippen molar-refractivity contribution >= 4 is 11.9 Å². The molecule has 0 amide bonds. The average Bonchev–Trinajstić information content (AvgIpc) is 2.58. The van der Waals surface area contributed by atoms with Crippen LogP contribution in [-0.2, 0) is 31.5 Å². The SMILES string of the molecule is O=C1C=CC(=O)OC2(NCc3ccccc32)O1. The fourth-order valence-electron chi connectivity index (χ4n) is 1.99. The molecule has 0 atom stereocenters. The number of hydrogen-bond donors (Lipinski definition) is 1. The maximum atomic E-state index is 11.4. The van der Waals surface area contributed by atoms with Crippen LogP contribution in [0.4, 0.5) is 0 Å². The zero-order chi connectivity index (χ0) is 11.9. The van der Waals surface area contributed by atoms with Gasteiger partial charge in [-0.2, -0.15) is 0 Å². The van der Waals surface area contributed by atoms with Crippen molar-refractivity contribution in [3.05, 3.63) is 47.5 Å². The Labute approximate surface area is 97.0 Å². The number of ether oxygens (including phenoxy) is 2. The predicted molar refractivity (Wildman–Crippen MR) is 56.3 cm³/mol. The van der Waals surface area contributed by atoms with E-state index in [1.165, 1.54) is 0 Å². The van der Waals surface area contributed by atoms with Crippen LogP contribution in [0.5, 0.6) is 0 Å². The first-order chi connectivity index (χ1) is 8.20. The van der Waals surface area contributed by atoms with Crippen molar-refractivity contribution in [2.45, 2.75) is 12.5 Å². The lowest BCUT2D eigenvalue weighted by Crippen LogP contribution is -2.44. The van der Waals surface area contributed by atoms with Crippen molar-refractivity contribution in [3.8, 4) is 0 Å². The maximum absolute atomic E-state index is 11.4. The zero-order valence-corrected chi connectivity index (χ0v) is 8.80. The Kier molecular flexibility index (Phi) is 2.02. The van der Waals surface area contributed by atoms with E-state index in [4.69, 9.17) is 9.47 Å². The average molecular weight is 231 g/mol. The molecule has 0 aromatic heterocycles. The minimum Gasteiger partial charge on any atom is -0.401 e. The third-order valence-electron chi connectivity index (χ3n) is 2.73. The molecule has 5 nitrogen and oxygen atoms in total. The second-order valence-corrected chi connectivity index (χ2v) is 3.80. The molecule has 0 unspecified atom stereocenters. The van der Waals surface area contributed by atoms with Gasteiger partial charge < -0.3 is 9.47 Å². The third kappa shape index (κ3) is 1.52. The van der Waals surface area contributed by atoms with Gasteiger partial charge in [0, 0.05) is 18.7 Å². The molecule has 0 saturated carbocycles. The molecule has 0 radical (unpaired) electrons. The van der Waals surface area contributed by atoms with Crippen LogP contribution in [0.2, 0.25) is 0 Å². The molecule has 17 heavy (non-hydrogen) atoms.